The van der Waals surface area contributed by atoms with Gasteiger partial charge in [0, 0.05) is 13.2 Å². The Bertz CT molecular complexity index is 491. The van der Waals surface area contributed by atoms with Gasteiger partial charge in [0.15, 0.2) is 12.6 Å². The van der Waals surface area contributed by atoms with E-state index in [1.165, 1.54) is 0 Å². The second-order valence-corrected chi connectivity index (χ2v) is 4.60. The zero-order chi connectivity index (χ0) is 15.7. The molecule has 1 aromatic rings. The second-order valence-electron chi connectivity index (χ2n) is 4.60. The molecule has 7 heteroatoms. The molecular formula is C14H22N4O3. The molecule has 0 radical (unpaired) electrons. The molecule has 0 aliphatic rings. The largest absolute Gasteiger partial charge is 0.484 e. The lowest BCUT2D eigenvalue weighted by atomic mass is 10.2. The Morgan fingerprint density at radius 2 is 2.19 bits per heavy atom. The lowest BCUT2D eigenvalue weighted by Crippen LogP contribution is -2.40. The van der Waals surface area contributed by atoms with Crippen LogP contribution in [-0.2, 0) is 16.1 Å². The van der Waals surface area contributed by atoms with E-state index in [-0.39, 0.29) is 12.6 Å². The first-order valence-electron chi connectivity index (χ1n) is 6.56. The third-order valence-electron chi connectivity index (χ3n) is 2.52. The fourth-order valence-electron chi connectivity index (χ4n) is 1.65. The van der Waals surface area contributed by atoms with Crippen LogP contribution in [0.3, 0.4) is 0 Å². The van der Waals surface area contributed by atoms with Crippen LogP contribution in [0.1, 0.15) is 12.5 Å². The van der Waals surface area contributed by atoms with Crippen molar-refractivity contribution in [3.63, 3.8) is 0 Å². The fraction of sp³-hybridized carbons (Fsp3) is 0.429. The number of hydrogen-bond donors (Lipinski definition) is 3. The van der Waals surface area contributed by atoms with E-state index in [9.17, 15) is 4.79 Å². The minimum absolute atomic E-state index is 0.0870. The van der Waals surface area contributed by atoms with E-state index >= 15 is 0 Å². The molecule has 0 aromatic heterocycles. The van der Waals surface area contributed by atoms with E-state index in [0.717, 1.165) is 5.56 Å². The quantitative estimate of drug-likeness (QED) is 0.461. The van der Waals surface area contributed by atoms with Crippen molar-refractivity contribution in [1.29, 1.82) is 0 Å². The van der Waals surface area contributed by atoms with Gasteiger partial charge in [-0.15, -0.1) is 0 Å². The Balaban J connectivity index is 2.54. The molecule has 7 nitrogen and oxygen atoms in total. The summed E-state index contributed by atoms with van der Waals surface area (Å²) in [6.07, 6.45) is 0. The van der Waals surface area contributed by atoms with Crippen molar-refractivity contribution in [1.82, 2.24) is 5.32 Å². The van der Waals surface area contributed by atoms with Crippen molar-refractivity contribution in [2.45, 2.75) is 19.5 Å². The van der Waals surface area contributed by atoms with E-state index in [2.05, 4.69) is 10.3 Å². The van der Waals surface area contributed by atoms with E-state index < -0.39 is 5.91 Å². The number of methoxy groups -OCH3 is 1. The number of carbonyl (C=O) groups excluding carboxylic acids is 1. The van der Waals surface area contributed by atoms with Crippen LogP contribution in [0.15, 0.2) is 29.3 Å². The molecule has 1 aromatic carbocycles. The van der Waals surface area contributed by atoms with E-state index in [4.69, 9.17) is 20.9 Å². The van der Waals surface area contributed by atoms with E-state index in [1.54, 1.807) is 19.2 Å². The molecule has 0 spiro atoms. The molecule has 0 fully saturated rings. The zero-order valence-electron chi connectivity index (χ0n) is 12.3. The zero-order valence-corrected chi connectivity index (χ0v) is 12.3. The van der Waals surface area contributed by atoms with Gasteiger partial charge in [0.25, 0.3) is 5.91 Å². The minimum atomic E-state index is -0.515. The highest BCUT2D eigenvalue weighted by Crippen LogP contribution is 2.13. The number of nitrogens with zero attached hydrogens (tertiary/aromatic N) is 1. The number of nitrogens with two attached hydrogens (primary N) is 2. The van der Waals surface area contributed by atoms with E-state index in [1.807, 2.05) is 19.1 Å². The Morgan fingerprint density at radius 3 is 2.86 bits per heavy atom. The summed E-state index contributed by atoms with van der Waals surface area (Å²) in [5, 5.41) is 3.02. The van der Waals surface area contributed by atoms with Gasteiger partial charge in [-0.1, -0.05) is 12.1 Å². The molecule has 1 rings (SSSR count). The minimum Gasteiger partial charge on any atom is -0.484 e. The highest BCUT2D eigenvalue weighted by molar-refractivity contribution is 5.78. The van der Waals surface area contributed by atoms with Gasteiger partial charge >= 0.3 is 0 Å². The Morgan fingerprint density at radius 1 is 1.43 bits per heavy atom. The summed E-state index contributed by atoms with van der Waals surface area (Å²) in [7, 11) is 1.63. The summed E-state index contributed by atoms with van der Waals surface area (Å²) in [5.41, 5.74) is 11.7. The molecule has 0 aliphatic heterocycles. The van der Waals surface area contributed by atoms with Gasteiger partial charge in [-0.3, -0.25) is 4.79 Å². The maximum absolute atomic E-state index is 10.7. The molecule has 1 amide bonds. The highest BCUT2D eigenvalue weighted by Gasteiger charge is 2.02. The Labute approximate surface area is 124 Å². The average molecular weight is 294 g/mol. The van der Waals surface area contributed by atoms with Crippen molar-refractivity contribution in [2.24, 2.45) is 16.5 Å². The third-order valence-corrected chi connectivity index (χ3v) is 2.52. The lowest BCUT2D eigenvalue weighted by molar-refractivity contribution is -0.119. The van der Waals surface area contributed by atoms with Crippen LogP contribution in [0, 0.1) is 0 Å². The summed E-state index contributed by atoms with van der Waals surface area (Å²) in [4.78, 5) is 14.9. The van der Waals surface area contributed by atoms with Crippen LogP contribution in [0.25, 0.3) is 0 Å². The molecule has 1 unspecified atom stereocenters. The van der Waals surface area contributed by atoms with Gasteiger partial charge in [0.1, 0.15) is 5.75 Å². The highest BCUT2D eigenvalue weighted by atomic mass is 16.5. The summed E-state index contributed by atoms with van der Waals surface area (Å²) in [5.74, 6) is 0.405. The number of nitrogens with one attached hydrogen (secondary N) is 1. The molecule has 0 heterocycles. The summed E-state index contributed by atoms with van der Waals surface area (Å²) in [6.45, 7) is 2.76. The maximum atomic E-state index is 10.7. The number of ether oxygens (including phenoxy) is 2. The van der Waals surface area contributed by atoms with Gasteiger partial charge in [-0.2, -0.15) is 0 Å². The van der Waals surface area contributed by atoms with Crippen molar-refractivity contribution in [3.8, 4) is 5.75 Å². The van der Waals surface area contributed by atoms with Gasteiger partial charge in [-0.05, 0) is 24.6 Å². The SMILES string of the molecule is COCC(C)NC(N)=NCc1cccc(OCC(N)=O)c1. The number of benzene rings is 1. The van der Waals surface area contributed by atoms with Crippen molar-refractivity contribution >= 4 is 11.9 Å². The van der Waals surface area contributed by atoms with Crippen molar-refractivity contribution in [2.75, 3.05) is 20.3 Å². The van der Waals surface area contributed by atoms with Gasteiger partial charge in [0.05, 0.1) is 13.2 Å². The van der Waals surface area contributed by atoms with Crippen LogP contribution in [-0.4, -0.2) is 38.2 Å². The number of guanidine groups is 1. The van der Waals surface area contributed by atoms with Gasteiger partial charge in [-0.25, -0.2) is 4.99 Å². The monoisotopic (exact) mass is 294 g/mol. The molecule has 116 valence electrons. The Hall–Kier alpha value is -2.28. The number of primary amides is 1. The molecule has 0 aliphatic carbocycles. The average Bonchev–Trinajstić information content (AvgIpc) is 2.43. The first kappa shape index (κ1) is 16.8. The van der Waals surface area contributed by atoms with Gasteiger partial charge in [0.2, 0.25) is 0 Å². The number of aliphatic imine (C=N–C) groups is 1. The summed E-state index contributed by atoms with van der Waals surface area (Å²) in [6, 6.07) is 7.34. The van der Waals surface area contributed by atoms with Crippen LogP contribution in [0.5, 0.6) is 5.75 Å². The normalized spacial score (nSPS) is 12.8. The van der Waals surface area contributed by atoms with Crippen LogP contribution >= 0.6 is 0 Å². The standard InChI is InChI=1S/C14H22N4O3/c1-10(8-20-2)18-14(16)17-7-11-4-3-5-12(6-11)21-9-13(15)19/h3-6,10H,7-9H2,1-2H3,(H2,15,19)(H3,16,17,18). The van der Waals surface area contributed by atoms with Gasteiger partial charge < -0.3 is 26.3 Å². The molecular weight excluding hydrogens is 272 g/mol. The predicted octanol–water partition coefficient (Wildman–Crippen LogP) is -0.0101. The topological polar surface area (TPSA) is 112 Å². The van der Waals surface area contributed by atoms with Crippen molar-refractivity contribution in [3.05, 3.63) is 29.8 Å². The number of rotatable bonds is 8. The molecule has 21 heavy (non-hydrogen) atoms. The first-order valence-corrected chi connectivity index (χ1v) is 6.56. The number of amides is 1. The number of hydrogen-bond acceptors (Lipinski definition) is 4. The molecule has 0 saturated heterocycles. The molecule has 1 atom stereocenters. The first-order chi connectivity index (χ1) is 10.0. The molecule has 5 N–H and O–H groups in total. The maximum Gasteiger partial charge on any atom is 0.255 e. The van der Waals surface area contributed by atoms with Crippen LogP contribution in [0.2, 0.25) is 0 Å². The fourth-order valence-corrected chi connectivity index (χ4v) is 1.65. The molecule has 0 saturated carbocycles. The summed E-state index contributed by atoms with van der Waals surface area (Å²) < 4.78 is 10.2. The van der Waals surface area contributed by atoms with Crippen molar-refractivity contribution < 1.29 is 14.3 Å². The predicted molar refractivity (Wildman–Crippen MR) is 80.9 cm³/mol. The van der Waals surface area contributed by atoms with Crippen LogP contribution in [0.4, 0.5) is 0 Å². The lowest BCUT2D eigenvalue weighted by Gasteiger charge is -2.13. The van der Waals surface area contributed by atoms with E-state index in [0.29, 0.717) is 24.9 Å². The third kappa shape index (κ3) is 7.17. The van der Waals surface area contributed by atoms with Crippen LogP contribution < -0.4 is 21.5 Å². The summed E-state index contributed by atoms with van der Waals surface area (Å²) >= 11 is 0. The number of carbonyl (C=O) groups is 1. The molecule has 0 bridgehead atoms. The second kappa shape index (κ2) is 8.80. The Kier molecular flexibility index (Phi) is 7.03. The smallest absolute Gasteiger partial charge is 0.255 e.